The third kappa shape index (κ3) is 3.85. The first kappa shape index (κ1) is 11.8. The first-order valence-corrected chi connectivity index (χ1v) is 4.76. The van der Waals surface area contributed by atoms with Gasteiger partial charge in [0, 0.05) is 5.69 Å². The van der Waals surface area contributed by atoms with Crippen LogP contribution < -0.4 is 22.6 Å². The van der Waals surface area contributed by atoms with Crippen molar-refractivity contribution < 1.29 is 8.42 Å². The maximum Gasteiger partial charge on any atom is 0.238 e. The highest BCUT2D eigenvalue weighted by Crippen LogP contribution is 2.08. The normalized spacial score (nSPS) is 10.1. The number of hydrazine groups is 1. The fourth-order valence-corrected chi connectivity index (χ4v) is 1.17. The number of rotatable bonds is 1. The van der Waals surface area contributed by atoms with Gasteiger partial charge in [-0.15, -0.1) is 0 Å². The zero-order valence-electron chi connectivity index (χ0n) is 6.84. The lowest BCUT2D eigenvalue weighted by Crippen LogP contribution is -2.11. The molecule has 0 aliphatic heterocycles. The third-order valence-corrected chi connectivity index (χ3v) is 2.14. The molecule has 0 atom stereocenters. The summed E-state index contributed by atoms with van der Waals surface area (Å²) in [5.74, 6) is 8.00. The van der Waals surface area contributed by atoms with Gasteiger partial charge in [-0.25, -0.2) is 13.6 Å². The number of hydrogen-bond donors (Lipinski definition) is 4. The van der Waals surface area contributed by atoms with E-state index < -0.39 is 10.0 Å². The maximum absolute atomic E-state index is 10.7. The van der Waals surface area contributed by atoms with Crippen molar-refractivity contribution >= 4 is 15.7 Å². The molecule has 1 rings (SSSR count). The molecule has 0 saturated carbocycles. The molecule has 0 saturated heterocycles. The van der Waals surface area contributed by atoms with Crippen LogP contribution in [-0.4, -0.2) is 8.42 Å². The Labute approximate surface area is 76.5 Å². The molecule has 0 amide bonds. The number of nitrogens with two attached hydrogens (primary N) is 4. The van der Waals surface area contributed by atoms with Crippen LogP contribution in [0.25, 0.3) is 0 Å². The van der Waals surface area contributed by atoms with Crippen molar-refractivity contribution in [3.05, 3.63) is 24.3 Å². The van der Waals surface area contributed by atoms with Gasteiger partial charge in [-0.3, -0.25) is 11.7 Å². The second-order valence-electron chi connectivity index (χ2n) is 2.11. The van der Waals surface area contributed by atoms with E-state index in [1.54, 1.807) is 0 Å². The highest BCUT2D eigenvalue weighted by atomic mass is 32.2. The Morgan fingerprint density at radius 1 is 1.00 bits per heavy atom. The molecule has 8 N–H and O–H groups in total. The summed E-state index contributed by atoms with van der Waals surface area (Å²) in [6.45, 7) is 0. The van der Waals surface area contributed by atoms with E-state index in [0.29, 0.717) is 5.69 Å². The van der Waals surface area contributed by atoms with Crippen molar-refractivity contribution in [2.45, 2.75) is 4.90 Å². The SMILES string of the molecule is NN.Nc1ccc(S(N)(=O)=O)cc1. The van der Waals surface area contributed by atoms with Crippen LogP contribution >= 0.6 is 0 Å². The van der Waals surface area contributed by atoms with Gasteiger partial charge in [0.05, 0.1) is 4.90 Å². The highest BCUT2D eigenvalue weighted by molar-refractivity contribution is 7.89. The van der Waals surface area contributed by atoms with Crippen LogP contribution in [0.5, 0.6) is 0 Å². The Morgan fingerprint density at radius 2 is 1.38 bits per heavy atom. The molecule has 0 aliphatic carbocycles. The molecular formula is C6H12N4O2S. The van der Waals surface area contributed by atoms with Gasteiger partial charge in [0.1, 0.15) is 0 Å². The second kappa shape index (κ2) is 4.77. The van der Waals surface area contributed by atoms with Gasteiger partial charge < -0.3 is 5.73 Å². The zero-order valence-corrected chi connectivity index (χ0v) is 7.66. The van der Waals surface area contributed by atoms with Crippen LogP contribution in [-0.2, 0) is 10.0 Å². The van der Waals surface area contributed by atoms with E-state index in [1.165, 1.54) is 24.3 Å². The van der Waals surface area contributed by atoms with Gasteiger partial charge in [0.2, 0.25) is 10.0 Å². The number of nitrogen functional groups attached to an aromatic ring is 1. The van der Waals surface area contributed by atoms with Crippen LogP contribution in [0, 0.1) is 0 Å². The quantitative estimate of drug-likeness (QED) is 0.257. The van der Waals surface area contributed by atoms with Crippen LogP contribution in [0.4, 0.5) is 5.69 Å². The van der Waals surface area contributed by atoms with E-state index in [9.17, 15) is 8.42 Å². The second-order valence-corrected chi connectivity index (χ2v) is 3.68. The number of hydrogen-bond acceptors (Lipinski definition) is 5. The van der Waals surface area contributed by atoms with E-state index in [0.717, 1.165) is 0 Å². The predicted octanol–water partition coefficient (Wildman–Crippen LogP) is -1.26. The van der Waals surface area contributed by atoms with Gasteiger partial charge >= 0.3 is 0 Å². The average molecular weight is 204 g/mol. The molecule has 1 aromatic carbocycles. The summed E-state index contributed by atoms with van der Waals surface area (Å²) in [7, 11) is -3.58. The van der Waals surface area contributed by atoms with E-state index >= 15 is 0 Å². The summed E-state index contributed by atoms with van der Waals surface area (Å²) in [5, 5.41) is 4.84. The molecule has 6 nitrogen and oxygen atoms in total. The van der Waals surface area contributed by atoms with E-state index in [2.05, 4.69) is 11.7 Å². The molecule has 0 heterocycles. The van der Waals surface area contributed by atoms with Gasteiger partial charge in [0.15, 0.2) is 0 Å². The Bertz CT molecular complexity index is 345. The van der Waals surface area contributed by atoms with Crippen LogP contribution in [0.15, 0.2) is 29.2 Å². The number of sulfonamides is 1. The van der Waals surface area contributed by atoms with Crippen LogP contribution in [0.3, 0.4) is 0 Å². The molecule has 1 aromatic rings. The van der Waals surface area contributed by atoms with Crippen molar-refractivity contribution in [1.29, 1.82) is 0 Å². The maximum atomic E-state index is 10.7. The fourth-order valence-electron chi connectivity index (χ4n) is 0.658. The highest BCUT2D eigenvalue weighted by Gasteiger charge is 2.04. The van der Waals surface area contributed by atoms with Crippen molar-refractivity contribution in [2.24, 2.45) is 16.8 Å². The summed E-state index contributed by atoms with van der Waals surface area (Å²) in [5.41, 5.74) is 5.85. The van der Waals surface area contributed by atoms with Gasteiger partial charge in [-0.05, 0) is 24.3 Å². The van der Waals surface area contributed by atoms with Crippen molar-refractivity contribution in [3.63, 3.8) is 0 Å². The summed E-state index contributed by atoms with van der Waals surface area (Å²) < 4.78 is 21.4. The largest absolute Gasteiger partial charge is 0.399 e. The van der Waals surface area contributed by atoms with E-state index in [-0.39, 0.29) is 4.90 Å². The molecule has 13 heavy (non-hydrogen) atoms. The minimum absolute atomic E-state index is 0.0756. The Balaban J connectivity index is 0.000000671. The summed E-state index contributed by atoms with van der Waals surface area (Å²) in [6.07, 6.45) is 0. The smallest absolute Gasteiger partial charge is 0.238 e. The molecule has 0 radical (unpaired) electrons. The van der Waals surface area contributed by atoms with Crippen LogP contribution in [0.2, 0.25) is 0 Å². The molecule has 0 aromatic heterocycles. The molecule has 0 bridgehead atoms. The molecule has 74 valence electrons. The number of primary sulfonamides is 1. The minimum Gasteiger partial charge on any atom is -0.399 e. The lowest BCUT2D eigenvalue weighted by Gasteiger charge is -1.96. The average Bonchev–Trinajstić information content (AvgIpc) is 2.07. The van der Waals surface area contributed by atoms with Gasteiger partial charge in [0.25, 0.3) is 0 Å². The van der Waals surface area contributed by atoms with Gasteiger partial charge in [-0.2, -0.15) is 0 Å². The first-order valence-electron chi connectivity index (χ1n) is 3.22. The predicted molar refractivity (Wildman–Crippen MR) is 50.6 cm³/mol. The Hall–Kier alpha value is -1.15. The molecule has 7 heteroatoms. The van der Waals surface area contributed by atoms with Crippen molar-refractivity contribution in [3.8, 4) is 0 Å². The lowest BCUT2D eigenvalue weighted by molar-refractivity contribution is 0.598. The first-order chi connectivity index (χ1) is 6.00. The van der Waals surface area contributed by atoms with Gasteiger partial charge in [-0.1, -0.05) is 0 Å². The monoisotopic (exact) mass is 204 g/mol. The minimum atomic E-state index is -3.58. The zero-order chi connectivity index (χ0) is 10.5. The number of anilines is 1. The molecule has 0 aliphatic rings. The summed E-state index contributed by atoms with van der Waals surface area (Å²) >= 11 is 0. The Morgan fingerprint density at radius 3 is 1.69 bits per heavy atom. The van der Waals surface area contributed by atoms with Crippen LogP contribution in [0.1, 0.15) is 0 Å². The van der Waals surface area contributed by atoms with Crippen molar-refractivity contribution in [1.82, 2.24) is 0 Å². The van der Waals surface area contributed by atoms with Crippen molar-refractivity contribution in [2.75, 3.05) is 5.73 Å². The van der Waals surface area contributed by atoms with E-state index in [4.69, 9.17) is 10.9 Å². The fraction of sp³-hybridized carbons (Fsp3) is 0. The molecule has 0 unspecified atom stereocenters. The number of benzene rings is 1. The topological polar surface area (TPSA) is 138 Å². The van der Waals surface area contributed by atoms with E-state index in [1.807, 2.05) is 0 Å². The third-order valence-electron chi connectivity index (χ3n) is 1.21. The molecule has 0 spiro atoms. The molecule has 0 fully saturated rings. The molecular weight excluding hydrogens is 192 g/mol. The standard InChI is InChI=1S/C6H8N2O2S.H4N2/c7-5-1-3-6(4-2-5)11(8,9)10;1-2/h1-4H,7H2,(H2,8,9,10);1-2H2. The summed E-state index contributed by atoms with van der Waals surface area (Å²) in [4.78, 5) is 0.0756. The lowest BCUT2D eigenvalue weighted by atomic mass is 10.3. The Kier molecular flexibility index (Phi) is 4.35. The summed E-state index contributed by atoms with van der Waals surface area (Å²) in [6, 6.07) is 5.70.